The van der Waals surface area contributed by atoms with E-state index < -0.39 is 17.5 Å². The number of hydrogen-bond acceptors (Lipinski definition) is 3. The Morgan fingerprint density at radius 2 is 2.11 bits per heavy atom. The van der Waals surface area contributed by atoms with Crippen molar-refractivity contribution in [2.75, 3.05) is 7.11 Å². The molecule has 1 aromatic rings. The maximum Gasteiger partial charge on any atom is 0.311 e. The van der Waals surface area contributed by atoms with Gasteiger partial charge in [0.15, 0.2) is 0 Å². The van der Waals surface area contributed by atoms with E-state index in [1.807, 2.05) is 0 Å². The molecule has 1 rings (SSSR count). The second-order valence-electron chi connectivity index (χ2n) is 4.26. The molecule has 3 nitrogen and oxygen atoms in total. The van der Waals surface area contributed by atoms with Crippen LogP contribution in [0.2, 0.25) is 10.0 Å². The second kappa shape index (κ2) is 5.91. The number of carbonyl (C=O) groups is 1. The highest BCUT2D eigenvalue weighted by atomic mass is 35.5. The standard InChI is InChI=1S/C13H16Cl2O3/c1-4-9(12(16)18-3)13(2,17)10-6-5-8(14)7-11(10)15/h5-7,9,17H,4H2,1-3H3. The van der Waals surface area contributed by atoms with Crippen LogP contribution in [0.3, 0.4) is 0 Å². The van der Waals surface area contributed by atoms with Gasteiger partial charge in [-0.05, 0) is 25.5 Å². The molecule has 0 heterocycles. The van der Waals surface area contributed by atoms with Crippen LogP contribution in [0, 0.1) is 5.92 Å². The summed E-state index contributed by atoms with van der Waals surface area (Å²) in [4.78, 5) is 11.7. The number of ether oxygens (including phenoxy) is 1. The maximum absolute atomic E-state index is 11.7. The third kappa shape index (κ3) is 2.97. The summed E-state index contributed by atoms with van der Waals surface area (Å²) in [5.74, 6) is -1.14. The first kappa shape index (κ1) is 15.3. The van der Waals surface area contributed by atoms with Gasteiger partial charge in [0.25, 0.3) is 0 Å². The van der Waals surface area contributed by atoms with Crippen LogP contribution in [-0.2, 0) is 15.1 Å². The highest BCUT2D eigenvalue weighted by Gasteiger charge is 2.39. The lowest BCUT2D eigenvalue weighted by Crippen LogP contribution is -2.37. The Morgan fingerprint density at radius 3 is 2.56 bits per heavy atom. The first-order valence-electron chi connectivity index (χ1n) is 5.60. The van der Waals surface area contributed by atoms with E-state index in [1.165, 1.54) is 13.2 Å². The van der Waals surface area contributed by atoms with Gasteiger partial charge in [-0.2, -0.15) is 0 Å². The van der Waals surface area contributed by atoms with Crippen LogP contribution in [0.1, 0.15) is 25.8 Å². The smallest absolute Gasteiger partial charge is 0.311 e. The number of rotatable bonds is 4. The van der Waals surface area contributed by atoms with Crippen LogP contribution in [0.5, 0.6) is 0 Å². The van der Waals surface area contributed by atoms with Crippen LogP contribution < -0.4 is 0 Å². The first-order valence-corrected chi connectivity index (χ1v) is 6.35. The number of carbonyl (C=O) groups excluding carboxylic acids is 1. The van der Waals surface area contributed by atoms with Crippen molar-refractivity contribution in [1.29, 1.82) is 0 Å². The van der Waals surface area contributed by atoms with Crippen LogP contribution >= 0.6 is 23.2 Å². The summed E-state index contributed by atoms with van der Waals surface area (Å²) in [5.41, 5.74) is -0.936. The monoisotopic (exact) mass is 290 g/mol. The minimum Gasteiger partial charge on any atom is -0.469 e. The topological polar surface area (TPSA) is 46.5 Å². The van der Waals surface area contributed by atoms with Crippen molar-refractivity contribution < 1.29 is 14.6 Å². The van der Waals surface area contributed by atoms with Crippen molar-refractivity contribution in [2.45, 2.75) is 25.9 Å². The zero-order valence-electron chi connectivity index (χ0n) is 10.5. The fraction of sp³-hybridized carbons (Fsp3) is 0.462. The van der Waals surface area contributed by atoms with E-state index in [-0.39, 0.29) is 0 Å². The zero-order valence-corrected chi connectivity index (χ0v) is 12.0. The van der Waals surface area contributed by atoms with Crippen molar-refractivity contribution in [3.05, 3.63) is 33.8 Å². The van der Waals surface area contributed by atoms with Gasteiger partial charge in [-0.25, -0.2) is 0 Å². The van der Waals surface area contributed by atoms with Gasteiger partial charge in [0.1, 0.15) is 5.60 Å². The van der Waals surface area contributed by atoms with Crippen molar-refractivity contribution in [1.82, 2.24) is 0 Å². The Hall–Kier alpha value is -0.770. The summed E-state index contributed by atoms with van der Waals surface area (Å²) >= 11 is 11.9. The number of esters is 1. The predicted molar refractivity (Wildman–Crippen MR) is 71.8 cm³/mol. The Balaban J connectivity index is 3.22. The SMILES string of the molecule is CCC(C(=O)OC)C(C)(O)c1ccc(Cl)cc1Cl. The summed E-state index contributed by atoms with van der Waals surface area (Å²) in [6.07, 6.45) is 0.443. The van der Waals surface area contributed by atoms with Gasteiger partial charge >= 0.3 is 5.97 Å². The van der Waals surface area contributed by atoms with E-state index in [2.05, 4.69) is 0 Å². The lowest BCUT2D eigenvalue weighted by atomic mass is 9.81. The van der Waals surface area contributed by atoms with Gasteiger partial charge in [0, 0.05) is 15.6 Å². The molecule has 0 aliphatic carbocycles. The Morgan fingerprint density at radius 1 is 1.50 bits per heavy atom. The molecule has 0 saturated heterocycles. The number of methoxy groups -OCH3 is 1. The van der Waals surface area contributed by atoms with Gasteiger partial charge < -0.3 is 9.84 Å². The summed E-state index contributed by atoms with van der Waals surface area (Å²) in [5, 5.41) is 11.4. The molecule has 0 aromatic heterocycles. The molecule has 0 aliphatic heterocycles. The van der Waals surface area contributed by atoms with E-state index >= 15 is 0 Å². The molecule has 0 spiro atoms. The Labute approximate surface area is 117 Å². The number of aliphatic hydroxyl groups is 1. The molecule has 0 bridgehead atoms. The average molecular weight is 291 g/mol. The minimum atomic E-state index is -1.40. The van der Waals surface area contributed by atoms with E-state index in [0.717, 1.165) is 0 Å². The Kier molecular flexibility index (Phi) is 5.02. The van der Waals surface area contributed by atoms with Crippen molar-refractivity contribution in [3.8, 4) is 0 Å². The fourth-order valence-corrected chi connectivity index (χ4v) is 2.62. The first-order chi connectivity index (χ1) is 8.34. The van der Waals surface area contributed by atoms with Gasteiger partial charge in [-0.1, -0.05) is 36.2 Å². The molecule has 0 radical (unpaired) electrons. The second-order valence-corrected chi connectivity index (χ2v) is 5.10. The third-order valence-corrected chi connectivity index (χ3v) is 3.60. The molecule has 0 aliphatic rings. The number of hydrogen-bond donors (Lipinski definition) is 1. The van der Waals surface area contributed by atoms with Gasteiger partial charge in [0.05, 0.1) is 13.0 Å². The normalized spacial score (nSPS) is 15.9. The summed E-state index contributed by atoms with van der Waals surface area (Å²) in [6, 6.07) is 4.79. The number of halogens is 2. The van der Waals surface area contributed by atoms with Crippen molar-refractivity contribution >= 4 is 29.2 Å². The van der Waals surface area contributed by atoms with Gasteiger partial charge in [0.2, 0.25) is 0 Å². The molecule has 2 unspecified atom stereocenters. The highest BCUT2D eigenvalue weighted by molar-refractivity contribution is 6.35. The maximum atomic E-state index is 11.7. The predicted octanol–water partition coefficient (Wildman–Crippen LogP) is 3.40. The minimum absolute atomic E-state index is 0.329. The third-order valence-electron chi connectivity index (χ3n) is 3.05. The Bertz CT molecular complexity index is 444. The molecule has 1 N–H and O–H groups in total. The molecule has 0 amide bonds. The molecular formula is C13H16Cl2O3. The van der Waals surface area contributed by atoms with E-state index in [4.69, 9.17) is 27.9 Å². The fourth-order valence-electron chi connectivity index (χ4n) is 2.02. The molecular weight excluding hydrogens is 275 g/mol. The lowest BCUT2D eigenvalue weighted by molar-refractivity contribution is -0.155. The average Bonchev–Trinajstić information content (AvgIpc) is 2.28. The van der Waals surface area contributed by atoms with E-state index in [0.29, 0.717) is 22.0 Å². The largest absolute Gasteiger partial charge is 0.469 e. The van der Waals surface area contributed by atoms with Crippen LogP contribution in [0.4, 0.5) is 0 Å². The molecule has 18 heavy (non-hydrogen) atoms. The highest BCUT2D eigenvalue weighted by Crippen LogP contribution is 2.37. The van der Waals surface area contributed by atoms with Crippen molar-refractivity contribution in [2.24, 2.45) is 5.92 Å². The molecule has 0 fully saturated rings. The zero-order chi connectivity index (χ0) is 13.9. The van der Waals surface area contributed by atoms with E-state index in [1.54, 1.807) is 26.0 Å². The quantitative estimate of drug-likeness (QED) is 0.865. The van der Waals surface area contributed by atoms with Gasteiger partial charge in [-0.15, -0.1) is 0 Å². The number of benzene rings is 1. The van der Waals surface area contributed by atoms with Crippen LogP contribution in [-0.4, -0.2) is 18.2 Å². The molecule has 100 valence electrons. The molecule has 0 saturated carbocycles. The van der Waals surface area contributed by atoms with Crippen LogP contribution in [0.15, 0.2) is 18.2 Å². The summed E-state index contributed by atoms with van der Waals surface area (Å²) in [7, 11) is 1.30. The summed E-state index contributed by atoms with van der Waals surface area (Å²) in [6.45, 7) is 3.35. The molecule has 1 aromatic carbocycles. The van der Waals surface area contributed by atoms with E-state index in [9.17, 15) is 9.90 Å². The van der Waals surface area contributed by atoms with Crippen molar-refractivity contribution in [3.63, 3.8) is 0 Å². The lowest BCUT2D eigenvalue weighted by Gasteiger charge is -2.31. The molecule has 5 heteroatoms. The van der Waals surface area contributed by atoms with Gasteiger partial charge in [-0.3, -0.25) is 4.79 Å². The summed E-state index contributed by atoms with van der Waals surface area (Å²) < 4.78 is 4.71. The van der Waals surface area contributed by atoms with Crippen LogP contribution in [0.25, 0.3) is 0 Å². The molecule has 2 atom stereocenters.